The van der Waals surface area contributed by atoms with Crippen LogP contribution in [0.2, 0.25) is 0 Å². The first-order valence-electron chi connectivity index (χ1n) is 8.66. The van der Waals surface area contributed by atoms with Crippen molar-refractivity contribution in [2.45, 2.75) is 78.7 Å². The molecule has 0 amide bonds. The van der Waals surface area contributed by atoms with Crippen LogP contribution in [0, 0.1) is 12.8 Å². The fourth-order valence-corrected chi connectivity index (χ4v) is 3.59. The Morgan fingerprint density at radius 1 is 1.17 bits per heavy atom. The van der Waals surface area contributed by atoms with Crippen LogP contribution in [-0.2, 0) is 9.94 Å². The highest BCUT2D eigenvalue weighted by Crippen LogP contribution is 2.44. The lowest BCUT2D eigenvalue weighted by Gasteiger charge is -2.32. The Morgan fingerprint density at radius 2 is 1.83 bits per heavy atom. The van der Waals surface area contributed by atoms with Crippen molar-refractivity contribution >= 4 is 8.60 Å². The van der Waals surface area contributed by atoms with Crippen LogP contribution >= 0.6 is 8.60 Å². The summed E-state index contributed by atoms with van der Waals surface area (Å²) in [6, 6.07) is 6.40. The van der Waals surface area contributed by atoms with Gasteiger partial charge in [-0.05, 0) is 35.8 Å². The summed E-state index contributed by atoms with van der Waals surface area (Å²) in [5.41, 5.74) is 3.53. The largest absolute Gasteiger partial charge is 0.328 e. The van der Waals surface area contributed by atoms with Crippen molar-refractivity contribution in [1.29, 1.82) is 0 Å². The highest BCUT2D eigenvalue weighted by molar-refractivity contribution is 7.39. The Kier molecular flexibility index (Phi) is 8.17. The van der Waals surface area contributed by atoms with Crippen LogP contribution in [0.1, 0.15) is 83.1 Å². The summed E-state index contributed by atoms with van der Waals surface area (Å²) in [4.78, 5) is 19.0. The number of rotatable bonds is 8. The van der Waals surface area contributed by atoms with Gasteiger partial charge in [0.15, 0.2) is 0 Å². The van der Waals surface area contributed by atoms with Crippen molar-refractivity contribution in [3.63, 3.8) is 0 Å². The molecular weight excluding hydrogens is 307 g/mol. The molecule has 1 rings (SSSR count). The highest BCUT2D eigenvalue weighted by atomic mass is 31.2. The van der Waals surface area contributed by atoms with Gasteiger partial charge in [0, 0.05) is 0 Å². The van der Waals surface area contributed by atoms with Crippen LogP contribution in [0.4, 0.5) is 0 Å². The minimum atomic E-state index is -2.37. The van der Waals surface area contributed by atoms with Crippen molar-refractivity contribution < 1.29 is 14.3 Å². The van der Waals surface area contributed by atoms with Gasteiger partial charge < -0.3 is 14.3 Å². The van der Waals surface area contributed by atoms with Crippen LogP contribution in [0.3, 0.4) is 0 Å². The second-order valence-electron chi connectivity index (χ2n) is 7.43. The van der Waals surface area contributed by atoms with Crippen LogP contribution in [0.15, 0.2) is 18.2 Å². The zero-order valence-corrected chi connectivity index (χ0v) is 16.4. The SMILES string of the molecule is CCCCC(CC)C(OP(O)O)c1ccc(C)cc1C(C)(C)C. The summed E-state index contributed by atoms with van der Waals surface area (Å²) in [6.07, 6.45) is 4.01. The average molecular weight is 340 g/mol. The lowest BCUT2D eigenvalue weighted by molar-refractivity contribution is 0.104. The van der Waals surface area contributed by atoms with E-state index in [1.54, 1.807) is 0 Å². The molecule has 2 unspecified atom stereocenters. The summed E-state index contributed by atoms with van der Waals surface area (Å²) in [7, 11) is -2.37. The molecule has 0 radical (unpaired) electrons. The van der Waals surface area contributed by atoms with Gasteiger partial charge in [0.05, 0.1) is 6.10 Å². The third-order valence-electron chi connectivity index (χ3n) is 4.41. The minimum Gasteiger partial charge on any atom is -0.328 e. The third kappa shape index (κ3) is 6.15. The van der Waals surface area contributed by atoms with Crippen molar-refractivity contribution in [3.8, 4) is 0 Å². The zero-order chi connectivity index (χ0) is 17.6. The van der Waals surface area contributed by atoms with Gasteiger partial charge in [0.25, 0.3) is 0 Å². The molecule has 0 spiro atoms. The smallest absolute Gasteiger partial charge is 0.327 e. The predicted octanol–water partition coefficient (Wildman–Crippen LogP) is 5.78. The molecule has 4 heteroatoms. The fourth-order valence-electron chi connectivity index (χ4n) is 3.10. The summed E-state index contributed by atoms with van der Waals surface area (Å²) in [6.45, 7) is 13.0. The highest BCUT2D eigenvalue weighted by Gasteiger charge is 2.30. The van der Waals surface area contributed by atoms with Crippen molar-refractivity contribution in [3.05, 3.63) is 34.9 Å². The molecular formula is C19H33O3P. The van der Waals surface area contributed by atoms with Gasteiger partial charge in [-0.2, -0.15) is 0 Å². The van der Waals surface area contributed by atoms with Gasteiger partial charge >= 0.3 is 8.60 Å². The van der Waals surface area contributed by atoms with Gasteiger partial charge in [-0.1, -0.05) is 77.6 Å². The molecule has 0 aliphatic rings. The maximum atomic E-state index is 9.50. The number of hydrogen-bond donors (Lipinski definition) is 2. The zero-order valence-electron chi connectivity index (χ0n) is 15.5. The molecule has 0 bridgehead atoms. The Labute approximate surface area is 143 Å². The van der Waals surface area contributed by atoms with Crippen LogP contribution in [-0.4, -0.2) is 9.79 Å². The summed E-state index contributed by atoms with van der Waals surface area (Å²) in [5.74, 6) is 0.294. The van der Waals surface area contributed by atoms with E-state index in [-0.39, 0.29) is 11.5 Å². The van der Waals surface area contributed by atoms with Crippen LogP contribution in [0.25, 0.3) is 0 Å². The number of aryl methyl sites for hydroxylation is 1. The van der Waals surface area contributed by atoms with E-state index in [4.69, 9.17) is 4.52 Å². The lowest BCUT2D eigenvalue weighted by atomic mass is 9.78. The van der Waals surface area contributed by atoms with Gasteiger partial charge in [-0.3, -0.25) is 0 Å². The van der Waals surface area contributed by atoms with Crippen LogP contribution < -0.4 is 0 Å². The van der Waals surface area contributed by atoms with E-state index in [0.29, 0.717) is 5.92 Å². The quantitative estimate of drug-likeness (QED) is 0.590. The molecule has 2 atom stereocenters. The van der Waals surface area contributed by atoms with E-state index >= 15 is 0 Å². The molecule has 1 aromatic rings. The van der Waals surface area contributed by atoms with Crippen molar-refractivity contribution in [2.24, 2.45) is 5.92 Å². The standard InChI is InChI=1S/C19H33O3P/c1-7-9-10-15(8-2)18(22-23(20)21)16-12-11-14(3)13-17(16)19(4,5)6/h11-13,15,18,20-21H,7-10H2,1-6H3. The summed E-state index contributed by atoms with van der Waals surface area (Å²) in [5, 5.41) is 0. The number of hydrogen-bond acceptors (Lipinski definition) is 3. The van der Waals surface area contributed by atoms with Crippen molar-refractivity contribution in [1.82, 2.24) is 0 Å². The van der Waals surface area contributed by atoms with E-state index in [2.05, 4.69) is 59.7 Å². The average Bonchev–Trinajstić information content (AvgIpc) is 2.45. The first kappa shape index (κ1) is 20.6. The third-order valence-corrected chi connectivity index (χ3v) is 4.83. The molecule has 132 valence electrons. The molecule has 1 aromatic carbocycles. The number of unbranched alkanes of at least 4 members (excludes halogenated alkanes) is 1. The molecule has 0 saturated heterocycles. The lowest BCUT2D eigenvalue weighted by Crippen LogP contribution is -2.21. The van der Waals surface area contributed by atoms with E-state index in [0.717, 1.165) is 31.2 Å². The molecule has 23 heavy (non-hydrogen) atoms. The van der Waals surface area contributed by atoms with Gasteiger partial charge in [-0.15, -0.1) is 0 Å². The van der Waals surface area contributed by atoms with Gasteiger partial charge in [0.1, 0.15) is 0 Å². The first-order chi connectivity index (χ1) is 10.7. The molecule has 0 aliphatic carbocycles. The summed E-state index contributed by atoms with van der Waals surface area (Å²) < 4.78 is 5.64. The second kappa shape index (κ2) is 9.13. The normalized spacial score (nSPS) is 15.0. The Balaban J connectivity index is 3.31. The molecule has 3 nitrogen and oxygen atoms in total. The minimum absolute atomic E-state index is 0.0142. The maximum absolute atomic E-state index is 9.50. The molecule has 2 N–H and O–H groups in total. The fraction of sp³-hybridized carbons (Fsp3) is 0.684. The molecule has 0 saturated carbocycles. The van der Waals surface area contributed by atoms with Crippen molar-refractivity contribution in [2.75, 3.05) is 0 Å². The molecule has 0 heterocycles. The topological polar surface area (TPSA) is 49.7 Å². The van der Waals surface area contributed by atoms with E-state index in [9.17, 15) is 9.79 Å². The Hall–Kier alpha value is -0.470. The first-order valence-corrected chi connectivity index (χ1v) is 9.82. The Bertz CT molecular complexity index is 480. The molecule has 0 fully saturated rings. The van der Waals surface area contributed by atoms with Crippen LogP contribution in [0.5, 0.6) is 0 Å². The summed E-state index contributed by atoms with van der Waals surface area (Å²) >= 11 is 0. The monoisotopic (exact) mass is 340 g/mol. The van der Waals surface area contributed by atoms with Gasteiger partial charge in [-0.25, -0.2) is 0 Å². The molecule has 0 aromatic heterocycles. The number of benzene rings is 1. The second-order valence-corrected chi connectivity index (χ2v) is 8.15. The maximum Gasteiger partial charge on any atom is 0.327 e. The van der Waals surface area contributed by atoms with E-state index in [1.807, 2.05) is 0 Å². The Morgan fingerprint density at radius 3 is 2.30 bits per heavy atom. The van der Waals surface area contributed by atoms with Gasteiger partial charge in [0.2, 0.25) is 0 Å². The molecule has 0 aliphatic heterocycles. The van der Waals surface area contributed by atoms with E-state index < -0.39 is 8.60 Å². The van der Waals surface area contributed by atoms with E-state index in [1.165, 1.54) is 11.1 Å². The predicted molar refractivity (Wildman–Crippen MR) is 98.4 cm³/mol.